The number of nitrogens with zero attached hydrogens (tertiary/aromatic N) is 4. The van der Waals surface area contributed by atoms with Crippen LogP contribution in [-0.2, 0) is 4.74 Å². The fraction of sp³-hybridized carbons (Fsp3) is 0.500. The van der Waals surface area contributed by atoms with E-state index in [9.17, 15) is 0 Å². The van der Waals surface area contributed by atoms with Gasteiger partial charge in [-0.1, -0.05) is 10.3 Å². The van der Waals surface area contributed by atoms with E-state index >= 15 is 0 Å². The predicted octanol–water partition coefficient (Wildman–Crippen LogP) is 3.17. The molecular weight excluding hydrogens is 296 g/mol. The largest absolute Gasteiger partial charge is 0.378 e. The SMILES string of the molecule is Cc1cc(-c2nc(C3CCOC(C)C3)no2)c2c(C)noc2n1. The van der Waals surface area contributed by atoms with Gasteiger partial charge in [-0.2, -0.15) is 4.98 Å². The molecule has 7 nitrogen and oxygen atoms in total. The van der Waals surface area contributed by atoms with Crippen molar-refractivity contribution in [1.29, 1.82) is 0 Å². The molecule has 1 aliphatic rings. The topological polar surface area (TPSA) is 87.1 Å². The van der Waals surface area contributed by atoms with E-state index in [2.05, 4.69) is 27.2 Å². The maximum Gasteiger partial charge on any atom is 0.258 e. The lowest BCUT2D eigenvalue weighted by Crippen LogP contribution is -2.22. The van der Waals surface area contributed by atoms with Crippen LogP contribution in [-0.4, -0.2) is 33.0 Å². The first kappa shape index (κ1) is 14.3. The van der Waals surface area contributed by atoms with Crippen molar-refractivity contribution in [3.63, 3.8) is 0 Å². The molecule has 0 aliphatic carbocycles. The summed E-state index contributed by atoms with van der Waals surface area (Å²) < 4.78 is 16.4. The molecule has 4 rings (SSSR count). The third kappa shape index (κ3) is 2.50. The summed E-state index contributed by atoms with van der Waals surface area (Å²) in [5, 5.41) is 9.00. The van der Waals surface area contributed by atoms with Crippen molar-refractivity contribution < 1.29 is 13.8 Å². The molecule has 0 aromatic carbocycles. The molecule has 3 aromatic heterocycles. The molecule has 7 heteroatoms. The summed E-state index contributed by atoms with van der Waals surface area (Å²) in [6.07, 6.45) is 2.06. The van der Waals surface area contributed by atoms with Crippen LogP contribution in [0.2, 0.25) is 0 Å². The first-order valence-electron chi connectivity index (χ1n) is 7.81. The van der Waals surface area contributed by atoms with Gasteiger partial charge in [0.25, 0.3) is 11.6 Å². The van der Waals surface area contributed by atoms with E-state index in [4.69, 9.17) is 13.8 Å². The minimum atomic E-state index is 0.228. The Labute approximate surface area is 133 Å². The van der Waals surface area contributed by atoms with Crippen molar-refractivity contribution in [3.05, 3.63) is 23.3 Å². The van der Waals surface area contributed by atoms with Gasteiger partial charge in [0.2, 0.25) is 0 Å². The second kappa shape index (κ2) is 5.42. The number of ether oxygens (including phenoxy) is 1. The Hall–Kier alpha value is -2.28. The predicted molar refractivity (Wildman–Crippen MR) is 82.0 cm³/mol. The maximum absolute atomic E-state index is 5.58. The maximum atomic E-state index is 5.58. The summed E-state index contributed by atoms with van der Waals surface area (Å²) in [6, 6.07) is 1.93. The minimum Gasteiger partial charge on any atom is -0.378 e. The Morgan fingerprint density at radius 3 is 2.83 bits per heavy atom. The van der Waals surface area contributed by atoms with Crippen LogP contribution in [0.3, 0.4) is 0 Å². The molecule has 1 aliphatic heterocycles. The van der Waals surface area contributed by atoms with E-state index in [1.807, 2.05) is 19.9 Å². The van der Waals surface area contributed by atoms with Gasteiger partial charge in [0.15, 0.2) is 5.82 Å². The van der Waals surface area contributed by atoms with E-state index in [0.717, 1.165) is 47.6 Å². The van der Waals surface area contributed by atoms with Gasteiger partial charge < -0.3 is 13.8 Å². The summed E-state index contributed by atoms with van der Waals surface area (Å²) in [5.41, 5.74) is 2.91. The first-order chi connectivity index (χ1) is 11.1. The fourth-order valence-electron chi connectivity index (χ4n) is 3.13. The lowest BCUT2D eigenvalue weighted by atomic mass is 9.96. The number of aromatic nitrogens is 4. The van der Waals surface area contributed by atoms with Crippen LogP contribution >= 0.6 is 0 Å². The number of fused-ring (bicyclic) bond motifs is 1. The Bertz CT molecular complexity index is 854. The fourth-order valence-corrected chi connectivity index (χ4v) is 3.13. The normalized spacial score (nSPS) is 21.9. The summed E-state index contributed by atoms with van der Waals surface area (Å²) in [7, 11) is 0. The van der Waals surface area contributed by atoms with Crippen LogP contribution in [0, 0.1) is 13.8 Å². The summed E-state index contributed by atoms with van der Waals surface area (Å²) in [6.45, 7) is 6.59. The van der Waals surface area contributed by atoms with Crippen LogP contribution in [0.25, 0.3) is 22.6 Å². The minimum absolute atomic E-state index is 0.228. The van der Waals surface area contributed by atoms with Crippen LogP contribution in [0.4, 0.5) is 0 Å². The second-order valence-electron chi connectivity index (χ2n) is 6.12. The first-order valence-corrected chi connectivity index (χ1v) is 7.81. The van der Waals surface area contributed by atoms with Gasteiger partial charge in [-0.3, -0.25) is 0 Å². The van der Waals surface area contributed by atoms with Crippen molar-refractivity contribution in [3.8, 4) is 11.5 Å². The highest BCUT2D eigenvalue weighted by Crippen LogP contribution is 2.33. The van der Waals surface area contributed by atoms with Crippen molar-refractivity contribution in [2.75, 3.05) is 6.61 Å². The van der Waals surface area contributed by atoms with Crippen molar-refractivity contribution in [2.45, 2.75) is 45.6 Å². The van der Waals surface area contributed by atoms with Crippen molar-refractivity contribution in [2.24, 2.45) is 0 Å². The molecule has 4 heterocycles. The number of aryl methyl sites for hydroxylation is 2. The number of hydrogen-bond donors (Lipinski definition) is 0. The molecule has 0 amide bonds. The highest BCUT2D eigenvalue weighted by atomic mass is 16.5. The zero-order chi connectivity index (χ0) is 16.0. The van der Waals surface area contributed by atoms with Gasteiger partial charge in [0.05, 0.1) is 22.7 Å². The van der Waals surface area contributed by atoms with Crippen molar-refractivity contribution >= 4 is 11.1 Å². The van der Waals surface area contributed by atoms with E-state index < -0.39 is 0 Å². The Morgan fingerprint density at radius 1 is 1.13 bits per heavy atom. The molecule has 3 aromatic rings. The Morgan fingerprint density at radius 2 is 2.00 bits per heavy atom. The highest BCUT2D eigenvalue weighted by molar-refractivity contribution is 5.91. The zero-order valence-electron chi connectivity index (χ0n) is 13.4. The lowest BCUT2D eigenvalue weighted by Gasteiger charge is -2.24. The second-order valence-corrected chi connectivity index (χ2v) is 6.12. The molecule has 0 N–H and O–H groups in total. The molecule has 0 bridgehead atoms. The molecule has 23 heavy (non-hydrogen) atoms. The van der Waals surface area contributed by atoms with E-state index in [-0.39, 0.29) is 12.0 Å². The summed E-state index contributed by atoms with van der Waals surface area (Å²) in [5.74, 6) is 1.51. The van der Waals surface area contributed by atoms with Gasteiger partial charge in [0.1, 0.15) is 0 Å². The standard InChI is InChI=1S/C16H18N4O3/c1-8-6-12(13-10(3)19-23-16(13)17-8)15-18-14(20-22-15)11-4-5-21-9(2)7-11/h6,9,11H,4-5,7H2,1-3H3. The van der Waals surface area contributed by atoms with Gasteiger partial charge in [-0.05, 0) is 39.7 Å². The van der Waals surface area contributed by atoms with Gasteiger partial charge >= 0.3 is 0 Å². The van der Waals surface area contributed by atoms with E-state index in [1.54, 1.807) is 0 Å². The highest BCUT2D eigenvalue weighted by Gasteiger charge is 2.26. The third-order valence-corrected chi connectivity index (χ3v) is 4.27. The molecule has 0 saturated carbocycles. The van der Waals surface area contributed by atoms with Gasteiger partial charge in [-0.15, -0.1) is 0 Å². The smallest absolute Gasteiger partial charge is 0.258 e. The average molecular weight is 314 g/mol. The van der Waals surface area contributed by atoms with Crippen LogP contribution in [0.15, 0.2) is 15.1 Å². The molecule has 1 saturated heterocycles. The summed E-state index contributed by atoms with van der Waals surface area (Å²) >= 11 is 0. The number of rotatable bonds is 2. The van der Waals surface area contributed by atoms with Crippen LogP contribution in [0.5, 0.6) is 0 Å². The van der Waals surface area contributed by atoms with Gasteiger partial charge in [0, 0.05) is 18.2 Å². The quantitative estimate of drug-likeness (QED) is 0.718. The molecule has 2 atom stereocenters. The van der Waals surface area contributed by atoms with Crippen LogP contribution < -0.4 is 0 Å². The Balaban J connectivity index is 1.76. The van der Waals surface area contributed by atoms with Crippen LogP contribution in [0.1, 0.15) is 42.9 Å². The van der Waals surface area contributed by atoms with Crippen molar-refractivity contribution in [1.82, 2.24) is 20.3 Å². The molecule has 2 unspecified atom stereocenters. The number of hydrogen-bond acceptors (Lipinski definition) is 7. The monoisotopic (exact) mass is 314 g/mol. The molecule has 0 radical (unpaired) electrons. The van der Waals surface area contributed by atoms with E-state index in [1.165, 1.54) is 0 Å². The third-order valence-electron chi connectivity index (χ3n) is 4.27. The molecule has 120 valence electrons. The van der Waals surface area contributed by atoms with Gasteiger partial charge in [-0.25, -0.2) is 4.98 Å². The molecule has 1 fully saturated rings. The Kier molecular flexibility index (Phi) is 3.37. The molecule has 0 spiro atoms. The number of pyridine rings is 1. The zero-order valence-corrected chi connectivity index (χ0v) is 13.4. The lowest BCUT2D eigenvalue weighted by molar-refractivity contribution is 0.0169. The van der Waals surface area contributed by atoms with E-state index in [0.29, 0.717) is 11.6 Å². The summed E-state index contributed by atoms with van der Waals surface area (Å²) in [4.78, 5) is 8.97. The average Bonchev–Trinajstić information content (AvgIpc) is 3.14. The molecular formula is C16H18N4O3.